The Morgan fingerprint density at radius 1 is 1.22 bits per heavy atom. The van der Waals surface area contributed by atoms with Crippen molar-refractivity contribution < 1.29 is 0 Å². The number of nitrogen functional groups attached to an aromatic ring is 1. The first kappa shape index (κ1) is 5.96. The molecule has 1 heterocycles. The van der Waals surface area contributed by atoms with Crippen LogP contribution in [-0.2, 0) is 0 Å². The molecule has 5 nitrogen and oxygen atoms in total. The van der Waals surface area contributed by atoms with E-state index in [4.69, 9.17) is 5.73 Å². The molecule has 1 aromatic rings. The number of thiocarbonyl (C=S) groups is 1. The second-order valence-corrected chi connectivity index (χ2v) is 1.47. The SMILES string of the molecule is Nc1nnc(C=S)nn1. The first-order valence-electron chi connectivity index (χ1n) is 2.11. The fraction of sp³-hybridized carbons (Fsp3) is 0. The van der Waals surface area contributed by atoms with Crippen molar-refractivity contribution in [1.29, 1.82) is 0 Å². The number of hydrogen-bond donors (Lipinski definition) is 1. The lowest BCUT2D eigenvalue weighted by Gasteiger charge is -1.85. The lowest BCUT2D eigenvalue weighted by Crippen LogP contribution is -2.03. The minimum Gasteiger partial charge on any atom is -0.365 e. The Hall–Kier alpha value is -1.17. The van der Waals surface area contributed by atoms with Gasteiger partial charge >= 0.3 is 0 Å². The molecule has 0 amide bonds. The number of aromatic nitrogens is 4. The average molecular weight is 141 g/mol. The van der Waals surface area contributed by atoms with Gasteiger partial charge in [-0.1, -0.05) is 12.2 Å². The van der Waals surface area contributed by atoms with Crippen LogP contribution in [0.1, 0.15) is 5.82 Å². The van der Waals surface area contributed by atoms with E-state index in [9.17, 15) is 0 Å². The van der Waals surface area contributed by atoms with Gasteiger partial charge in [-0.25, -0.2) is 0 Å². The fourth-order valence-corrected chi connectivity index (χ4v) is 0.386. The minimum atomic E-state index is 0.0515. The highest BCUT2D eigenvalue weighted by Crippen LogP contribution is 1.81. The molecule has 0 aliphatic rings. The molecule has 0 bridgehead atoms. The summed E-state index contributed by atoms with van der Waals surface area (Å²) in [4.78, 5) is 0. The van der Waals surface area contributed by atoms with Crippen molar-refractivity contribution in [3.8, 4) is 0 Å². The Morgan fingerprint density at radius 3 is 2.22 bits per heavy atom. The van der Waals surface area contributed by atoms with Crippen LogP contribution in [-0.4, -0.2) is 25.8 Å². The van der Waals surface area contributed by atoms with Gasteiger partial charge < -0.3 is 5.73 Å². The van der Waals surface area contributed by atoms with E-state index < -0.39 is 0 Å². The molecule has 0 saturated heterocycles. The summed E-state index contributed by atoms with van der Waals surface area (Å²) in [7, 11) is 0. The van der Waals surface area contributed by atoms with Gasteiger partial charge in [-0.2, -0.15) is 0 Å². The zero-order valence-electron chi connectivity index (χ0n) is 4.35. The molecular formula is C3H3N5S. The largest absolute Gasteiger partial charge is 0.365 e. The third kappa shape index (κ3) is 1.36. The van der Waals surface area contributed by atoms with Gasteiger partial charge in [-0.3, -0.25) is 0 Å². The molecule has 46 valence electrons. The van der Waals surface area contributed by atoms with Gasteiger partial charge in [0.05, 0.1) is 0 Å². The molecule has 1 rings (SSSR count). The van der Waals surface area contributed by atoms with Crippen molar-refractivity contribution in [2.75, 3.05) is 5.73 Å². The number of nitrogens with zero attached hydrogens (tertiary/aromatic N) is 4. The molecule has 6 heteroatoms. The van der Waals surface area contributed by atoms with Crippen LogP contribution in [0.5, 0.6) is 0 Å². The Morgan fingerprint density at radius 2 is 1.78 bits per heavy atom. The van der Waals surface area contributed by atoms with E-state index in [1.165, 1.54) is 5.37 Å². The summed E-state index contributed by atoms with van der Waals surface area (Å²) >= 11 is 4.49. The lowest BCUT2D eigenvalue weighted by molar-refractivity contribution is 0.861. The van der Waals surface area contributed by atoms with E-state index in [1.54, 1.807) is 0 Å². The van der Waals surface area contributed by atoms with Crippen LogP contribution >= 0.6 is 12.2 Å². The summed E-state index contributed by atoms with van der Waals surface area (Å²) in [6.07, 6.45) is 0. The second-order valence-electron chi connectivity index (χ2n) is 1.23. The van der Waals surface area contributed by atoms with Crippen LogP contribution in [0.15, 0.2) is 0 Å². The molecule has 0 spiro atoms. The predicted molar refractivity (Wildman–Crippen MR) is 34.8 cm³/mol. The molecule has 0 atom stereocenters. The van der Waals surface area contributed by atoms with E-state index in [0.29, 0.717) is 5.82 Å². The van der Waals surface area contributed by atoms with Gasteiger partial charge in [0.1, 0.15) is 0 Å². The van der Waals surface area contributed by atoms with Crippen LogP contribution in [0.2, 0.25) is 0 Å². The third-order valence-corrected chi connectivity index (χ3v) is 0.826. The molecule has 0 saturated carbocycles. The zero-order valence-corrected chi connectivity index (χ0v) is 5.17. The Kier molecular flexibility index (Phi) is 1.59. The van der Waals surface area contributed by atoms with Gasteiger partial charge in [0, 0.05) is 5.37 Å². The maximum Gasteiger partial charge on any atom is 0.259 e. The summed E-state index contributed by atoms with van der Waals surface area (Å²) in [6, 6.07) is 0. The monoisotopic (exact) mass is 141 g/mol. The summed E-state index contributed by atoms with van der Waals surface area (Å²) in [6.45, 7) is 0. The average Bonchev–Trinajstić information content (AvgIpc) is 1.90. The summed E-state index contributed by atoms with van der Waals surface area (Å²) < 4.78 is 0. The Balaban J connectivity index is 3.01. The van der Waals surface area contributed by atoms with Gasteiger partial charge in [0.2, 0.25) is 5.82 Å². The van der Waals surface area contributed by atoms with Crippen LogP contribution in [0, 0.1) is 0 Å². The number of anilines is 1. The molecule has 0 fully saturated rings. The number of nitrogens with two attached hydrogens (primary N) is 1. The van der Waals surface area contributed by atoms with E-state index in [0.717, 1.165) is 0 Å². The van der Waals surface area contributed by atoms with Crippen LogP contribution in [0.25, 0.3) is 0 Å². The fourth-order valence-electron chi connectivity index (χ4n) is 0.292. The van der Waals surface area contributed by atoms with Crippen molar-refractivity contribution in [2.24, 2.45) is 0 Å². The first-order valence-corrected chi connectivity index (χ1v) is 2.58. The zero-order chi connectivity index (χ0) is 6.69. The van der Waals surface area contributed by atoms with Crippen LogP contribution < -0.4 is 5.73 Å². The first-order chi connectivity index (χ1) is 4.33. The molecule has 0 aromatic carbocycles. The molecule has 0 aliphatic heterocycles. The lowest BCUT2D eigenvalue weighted by atomic mass is 10.7. The van der Waals surface area contributed by atoms with Crippen LogP contribution in [0.4, 0.5) is 5.95 Å². The highest BCUT2D eigenvalue weighted by atomic mass is 32.1. The standard InChI is InChI=1S/C3H3N5S/c4-3-7-5-2(1-9)6-8-3/h1H,(H2,4,7,8). The quantitative estimate of drug-likeness (QED) is 0.516. The van der Waals surface area contributed by atoms with Crippen molar-refractivity contribution in [2.45, 2.75) is 0 Å². The van der Waals surface area contributed by atoms with Crippen molar-refractivity contribution in [1.82, 2.24) is 20.4 Å². The highest BCUT2D eigenvalue weighted by molar-refractivity contribution is 7.79. The van der Waals surface area contributed by atoms with E-state index in [1.807, 2.05) is 0 Å². The molecule has 0 unspecified atom stereocenters. The maximum absolute atomic E-state index is 5.09. The predicted octanol–water partition coefficient (Wildman–Crippen LogP) is -0.803. The molecule has 9 heavy (non-hydrogen) atoms. The smallest absolute Gasteiger partial charge is 0.259 e. The molecule has 1 aromatic heterocycles. The molecule has 0 aliphatic carbocycles. The minimum absolute atomic E-state index is 0.0515. The van der Waals surface area contributed by atoms with Gasteiger partial charge in [-0.05, 0) is 0 Å². The van der Waals surface area contributed by atoms with Gasteiger partial charge in [0.25, 0.3) is 5.95 Å². The summed E-state index contributed by atoms with van der Waals surface area (Å²) in [5.41, 5.74) is 5.09. The van der Waals surface area contributed by atoms with Crippen LogP contribution in [0.3, 0.4) is 0 Å². The van der Waals surface area contributed by atoms with Gasteiger partial charge in [0.15, 0.2) is 0 Å². The third-order valence-electron chi connectivity index (χ3n) is 0.615. The maximum atomic E-state index is 5.09. The number of rotatable bonds is 1. The number of hydrogen-bond acceptors (Lipinski definition) is 6. The van der Waals surface area contributed by atoms with E-state index in [2.05, 4.69) is 32.6 Å². The second kappa shape index (κ2) is 2.40. The summed E-state index contributed by atoms with van der Waals surface area (Å²) in [5, 5.41) is 15.1. The molecule has 2 N–H and O–H groups in total. The topological polar surface area (TPSA) is 77.6 Å². The highest BCUT2D eigenvalue weighted by Gasteiger charge is 1.90. The summed E-state index contributed by atoms with van der Waals surface area (Å²) in [5.74, 6) is 0.356. The van der Waals surface area contributed by atoms with E-state index in [-0.39, 0.29) is 5.95 Å². The molecular weight excluding hydrogens is 138 g/mol. The van der Waals surface area contributed by atoms with Gasteiger partial charge in [-0.15, -0.1) is 20.4 Å². The Bertz CT molecular complexity index is 206. The molecule has 0 radical (unpaired) electrons. The Labute approximate surface area is 56.3 Å². The van der Waals surface area contributed by atoms with Crippen molar-refractivity contribution in [3.05, 3.63) is 5.82 Å². The van der Waals surface area contributed by atoms with E-state index >= 15 is 0 Å². The van der Waals surface area contributed by atoms with Crippen molar-refractivity contribution >= 4 is 23.5 Å². The normalized spacial score (nSPS) is 8.89. The van der Waals surface area contributed by atoms with Crippen molar-refractivity contribution in [3.63, 3.8) is 0 Å².